The van der Waals surface area contributed by atoms with Crippen LogP contribution >= 0.6 is 0 Å². The van der Waals surface area contributed by atoms with Gasteiger partial charge in [0.15, 0.2) is 0 Å². The lowest BCUT2D eigenvalue weighted by Gasteiger charge is -2.16. The third-order valence-corrected chi connectivity index (χ3v) is 4.54. The van der Waals surface area contributed by atoms with Crippen LogP contribution in [0.5, 0.6) is 0 Å². The summed E-state index contributed by atoms with van der Waals surface area (Å²) in [6.07, 6.45) is 0. The molecule has 144 valence electrons. The van der Waals surface area contributed by atoms with E-state index in [2.05, 4.69) is 34.9 Å². The predicted molar refractivity (Wildman–Crippen MR) is 111 cm³/mol. The van der Waals surface area contributed by atoms with Gasteiger partial charge in [0.2, 0.25) is 5.91 Å². The van der Waals surface area contributed by atoms with Crippen molar-refractivity contribution in [2.45, 2.75) is 19.9 Å². The van der Waals surface area contributed by atoms with E-state index in [9.17, 15) is 9.59 Å². The van der Waals surface area contributed by atoms with E-state index in [0.29, 0.717) is 17.9 Å². The zero-order valence-corrected chi connectivity index (χ0v) is 16.1. The first-order valence-electron chi connectivity index (χ1n) is 9.36. The molecule has 5 nitrogen and oxygen atoms in total. The average Bonchev–Trinajstić information content (AvgIpc) is 2.72. The normalized spacial score (nSPS) is 11.8. The number of ether oxygens (including phenoxy) is 1. The average molecular weight is 376 g/mol. The van der Waals surface area contributed by atoms with Crippen LogP contribution in [0.3, 0.4) is 0 Å². The molecule has 0 aliphatic heterocycles. The van der Waals surface area contributed by atoms with Crippen LogP contribution in [0.15, 0.2) is 66.7 Å². The number of carbonyl (C=O) groups is 2. The molecule has 1 atom stereocenters. The molecule has 0 saturated heterocycles. The highest BCUT2D eigenvalue weighted by Gasteiger charge is 2.11. The first-order chi connectivity index (χ1) is 13.6. The van der Waals surface area contributed by atoms with Crippen molar-refractivity contribution in [2.24, 2.45) is 0 Å². The summed E-state index contributed by atoms with van der Waals surface area (Å²) < 4.78 is 4.95. The first-order valence-corrected chi connectivity index (χ1v) is 9.36. The Balaban J connectivity index is 1.57. The molecule has 0 aliphatic carbocycles. The van der Waals surface area contributed by atoms with Crippen molar-refractivity contribution in [1.29, 1.82) is 0 Å². The van der Waals surface area contributed by atoms with Gasteiger partial charge in [0.05, 0.1) is 18.7 Å². The number of esters is 1. The molecule has 3 aromatic rings. The molecule has 0 bridgehead atoms. The number of carbonyl (C=O) groups excluding carboxylic acids is 2. The number of amides is 1. The second-order valence-electron chi connectivity index (χ2n) is 6.52. The van der Waals surface area contributed by atoms with Gasteiger partial charge in [-0.2, -0.15) is 0 Å². The van der Waals surface area contributed by atoms with Gasteiger partial charge in [0.25, 0.3) is 0 Å². The molecule has 0 fully saturated rings. The molecule has 0 aliphatic rings. The Morgan fingerprint density at radius 3 is 2.43 bits per heavy atom. The minimum Gasteiger partial charge on any atom is -0.462 e. The van der Waals surface area contributed by atoms with Crippen molar-refractivity contribution in [3.8, 4) is 0 Å². The smallest absolute Gasteiger partial charge is 0.338 e. The summed E-state index contributed by atoms with van der Waals surface area (Å²) in [6, 6.07) is 21.1. The Morgan fingerprint density at radius 2 is 1.68 bits per heavy atom. The largest absolute Gasteiger partial charge is 0.462 e. The number of hydrogen-bond acceptors (Lipinski definition) is 4. The van der Waals surface area contributed by atoms with Gasteiger partial charge in [-0.15, -0.1) is 0 Å². The van der Waals surface area contributed by atoms with Crippen molar-refractivity contribution < 1.29 is 14.3 Å². The van der Waals surface area contributed by atoms with Crippen molar-refractivity contribution >= 4 is 28.3 Å². The predicted octanol–water partition coefficient (Wildman–Crippen LogP) is 4.31. The SMILES string of the molecule is CCOC(=O)c1ccc(NC(=O)CN[C@@H](C)c2cccc3ccccc23)cc1. The number of nitrogens with one attached hydrogen (secondary N) is 2. The Bertz CT molecular complexity index is 962. The number of rotatable bonds is 7. The van der Waals surface area contributed by atoms with Crippen molar-refractivity contribution in [1.82, 2.24) is 5.32 Å². The van der Waals surface area contributed by atoms with Gasteiger partial charge in [-0.25, -0.2) is 4.79 Å². The maximum atomic E-state index is 12.3. The summed E-state index contributed by atoms with van der Waals surface area (Å²) in [4.78, 5) is 23.9. The lowest BCUT2D eigenvalue weighted by atomic mass is 10.00. The van der Waals surface area contributed by atoms with Gasteiger partial charge in [-0.1, -0.05) is 42.5 Å². The summed E-state index contributed by atoms with van der Waals surface area (Å²) in [5.41, 5.74) is 2.25. The first kappa shape index (κ1) is 19.6. The van der Waals surface area contributed by atoms with Gasteiger partial charge in [-0.3, -0.25) is 4.79 Å². The second-order valence-corrected chi connectivity index (χ2v) is 6.52. The molecule has 2 N–H and O–H groups in total. The number of hydrogen-bond donors (Lipinski definition) is 2. The van der Waals surface area contributed by atoms with E-state index >= 15 is 0 Å². The van der Waals surface area contributed by atoms with E-state index in [1.165, 1.54) is 10.8 Å². The van der Waals surface area contributed by atoms with Crippen molar-refractivity contribution in [3.05, 3.63) is 77.9 Å². The Morgan fingerprint density at radius 1 is 0.964 bits per heavy atom. The van der Waals surface area contributed by atoms with E-state index in [0.717, 1.165) is 5.56 Å². The van der Waals surface area contributed by atoms with Crippen LogP contribution in [0.2, 0.25) is 0 Å². The molecule has 0 unspecified atom stereocenters. The van der Waals surface area contributed by atoms with Crippen LogP contribution in [0, 0.1) is 0 Å². The Hall–Kier alpha value is -3.18. The topological polar surface area (TPSA) is 67.4 Å². The molecular weight excluding hydrogens is 352 g/mol. The van der Waals surface area contributed by atoms with Gasteiger partial charge >= 0.3 is 5.97 Å². The molecule has 0 saturated carbocycles. The highest BCUT2D eigenvalue weighted by atomic mass is 16.5. The summed E-state index contributed by atoms with van der Waals surface area (Å²) >= 11 is 0. The lowest BCUT2D eigenvalue weighted by Crippen LogP contribution is -2.30. The van der Waals surface area contributed by atoms with Crippen molar-refractivity contribution in [2.75, 3.05) is 18.5 Å². The van der Waals surface area contributed by atoms with Gasteiger partial charge < -0.3 is 15.4 Å². The van der Waals surface area contributed by atoms with Crippen LogP contribution in [-0.4, -0.2) is 25.0 Å². The Kier molecular flexibility index (Phi) is 6.40. The number of benzene rings is 3. The van der Waals surface area contributed by atoms with Crippen LogP contribution in [0.1, 0.15) is 35.8 Å². The monoisotopic (exact) mass is 376 g/mol. The standard InChI is InChI=1S/C23H24N2O3/c1-3-28-23(27)18-11-13-19(14-12-18)25-22(26)15-24-16(2)20-10-6-8-17-7-4-5-9-21(17)20/h4-14,16,24H,3,15H2,1-2H3,(H,25,26)/t16-/m0/s1. The van der Waals surface area contributed by atoms with E-state index in [1.807, 2.05) is 25.1 Å². The van der Waals surface area contributed by atoms with Gasteiger partial charge in [0, 0.05) is 11.7 Å². The fraction of sp³-hybridized carbons (Fsp3) is 0.217. The minimum absolute atomic E-state index is 0.0306. The summed E-state index contributed by atoms with van der Waals surface area (Å²) in [7, 11) is 0. The van der Waals surface area contributed by atoms with E-state index in [1.54, 1.807) is 31.2 Å². The highest BCUT2D eigenvalue weighted by Crippen LogP contribution is 2.23. The summed E-state index contributed by atoms with van der Waals surface area (Å²) in [5.74, 6) is -0.512. The molecule has 0 heterocycles. The molecule has 1 amide bonds. The molecular formula is C23H24N2O3. The molecule has 3 aromatic carbocycles. The molecule has 0 aromatic heterocycles. The van der Waals surface area contributed by atoms with E-state index in [4.69, 9.17) is 4.74 Å². The molecule has 0 spiro atoms. The molecule has 5 heteroatoms. The maximum Gasteiger partial charge on any atom is 0.338 e. The van der Waals surface area contributed by atoms with Crippen LogP contribution in [0.4, 0.5) is 5.69 Å². The maximum absolute atomic E-state index is 12.3. The van der Waals surface area contributed by atoms with E-state index in [-0.39, 0.29) is 24.5 Å². The zero-order valence-electron chi connectivity index (χ0n) is 16.1. The van der Waals surface area contributed by atoms with E-state index < -0.39 is 0 Å². The Labute approximate surface area is 164 Å². The van der Waals surface area contributed by atoms with Crippen molar-refractivity contribution in [3.63, 3.8) is 0 Å². The quantitative estimate of drug-likeness (QED) is 0.603. The molecule has 28 heavy (non-hydrogen) atoms. The third kappa shape index (κ3) is 4.75. The van der Waals surface area contributed by atoms with Crippen LogP contribution in [-0.2, 0) is 9.53 Å². The zero-order chi connectivity index (χ0) is 19.9. The molecule has 3 rings (SSSR count). The van der Waals surface area contributed by atoms with Gasteiger partial charge in [0.1, 0.15) is 0 Å². The third-order valence-electron chi connectivity index (χ3n) is 4.54. The lowest BCUT2D eigenvalue weighted by molar-refractivity contribution is -0.115. The van der Waals surface area contributed by atoms with Gasteiger partial charge in [-0.05, 0) is 54.4 Å². The number of anilines is 1. The molecule has 0 radical (unpaired) electrons. The minimum atomic E-state index is -0.369. The number of fused-ring (bicyclic) bond motifs is 1. The summed E-state index contributed by atoms with van der Waals surface area (Å²) in [6.45, 7) is 4.32. The fourth-order valence-electron chi connectivity index (χ4n) is 3.09. The van der Waals surface area contributed by atoms with Crippen LogP contribution < -0.4 is 10.6 Å². The fourth-order valence-corrected chi connectivity index (χ4v) is 3.09. The summed E-state index contributed by atoms with van der Waals surface area (Å²) in [5, 5.41) is 8.46. The second kappa shape index (κ2) is 9.15. The van der Waals surface area contributed by atoms with Crippen LogP contribution in [0.25, 0.3) is 10.8 Å². The highest BCUT2D eigenvalue weighted by molar-refractivity contribution is 5.94.